The number of anilines is 1. The topological polar surface area (TPSA) is 84.8 Å². The number of ketones is 1. The number of pyridine rings is 1. The molecule has 2 aromatic heterocycles. The Morgan fingerprint density at radius 2 is 2.03 bits per heavy atom. The molecule has 31 heavy (non-hydrogen) atoms. The van der Waals surface area contributed by atoms with Gasteiger partial charge in [-0.05, 0) is 44.4 Å². The first-order valence-electron chi connectivity index (χ1n) is 10.4. The number of nitrogens with two attached hydrogens (primary N) is 1. The molecule has 0 aromatic carbocycles. The number of carbonyl (C=O) groups excluding carboxylic acids is 1. The number of halogens is 2. The zero-order chi connectivity index (χ0) is 21.3. The van der Waals surface area contributed by atoms with E-state index in [2.05, 4.69) is 17.5 Å². The highest BCUT2D eigenvalue weighted by atomic mass is 35.5. The van der Waals surface area contributed by atoms with Crippen LogP contribution in [0.4, 0.5) is 11.5 Å². The Labute approximate surface area is 193 Å². The number of allylic oxidation sites excluding steroid dienone is 3. The average Bonchev–Trinajstić information content (AvgIpc) is 3.08. The number of likely N-dealkylation sites (tertiary alicyclic amines) is 1. The maximum Gasteiger partial charge on any atom is 0.202 e. The van der Waals surface area contributed by atoms with Crippen molar-refractivity contribution in [1.29, 1.82) is 0 Å². The quantitative estimate of drug-likeness (QED) is 0.497. The number of aliphatic imine (C=N–C) groups is 1. The van der Waals surface area contributed by atoms with Gasteiger partial charge in [0.15, 0.2) is 5.82 Å². The summed E-state index contributed by atoms with van der Waals surface area (Å²) in [5.74, 6) is 0.439. The molecule has 2 aromatic rings. The number of nitrogens with one attached hydrogen (secondary N) is 1. The van der Waals surface area contributed by atoms with Crippen molar-refractivity contribution >= 4 is 40.1 Å². The number of carbonyl (C=O) groups is 1. The van der Waals surface area contributed by atoms with Crippen molar-refractivity contribution in [3.8, 4) is 0 Å². The fourth-order valence-corrected chi connectivity index (χ4v) is 4.37. The second-order valence-electron chi connectivity index (χ2n) is 8.39. The number of Topliss-reactive ketones (excluding diaryl/α,β-unsaturated/α-hetero) is 1. The first-order chi connectivity index (χ1) is 14.4. The molecule has 0 amide bonds. The molecular weight excluding hydrogens is 435 g/mol. The Kier molecular flexibility index (Phi) is 7.09. The summed E-state index contributed by atoms with van der Waals surface area (Å²) in [5.41, 5.74) is 8.84. The first-order valence-corrected chi connectivity index (χ1v) is 10.8. The monoisotopic (exact) mass is 462 g/mol. The maximum atomic E-state index is 12.1. The number of hydrogen-bond donors (Lipinski definition) is 2. The molecule has 0 radical (unpaired) electrons. The zero-order valence-electron chi connectivity index (χ0n) is 17.9. The fraction of sp³-hybridized carbons (Fsp3) is 0.409. The molecule has 0 atom stereocenters. The van der Waals surface area contributed by atoms with E-state index < -0.39 is 0 Å². The Balaban J connectivity index is 0.00000272. The van der Waals surface area contributed by atoms with Gasteiger partial charge < -0.3 is 27.9 Å². The summed E-state index contributed by atoms with van der Waals surface area (Å²) in [6, 6.07) is 5.83. The van der Waals surface area contributed by atoms with E-state index in [-0.39, 0.29) is 28.9 Å². The van der Waals surface area contributed by atoms with Crippen LogP contribution in [0.3, 0.4) is 0 Å². The SMILES string of the molecule is CC1=CC(=Nc2c(NCC[N+]3(C)CCCCC3)nn3ccccc23)C(N)=C(Cl)C1=O.[Cl-]. The van der Waals surface area contributed by atoms with Crippen LogP contribution >= 0.6 is 11.6 Å². The Morgan fingerprint density at radius 3 is 2.77 bits per heavy atom. The minimum absolute atomic E-state index is 0. The molecule has 3 N–H and O–H groups in total. The lowest BCUT2D eigenvalue weighted by Crippen LogP contribution is -3.00. The number of piperidine rings is 1. The summed E-state index contributed by atoms with van der Waals surface area (Å²) in [6.45, 7) is 5.99. The van der Waals surface area contributed by atoms with Crippen molar-refractivity contribution in [3.05, 3.63) is 46.8 Å². The minimum atomic E-state index is -0.259. The Hall–Kier alpha value is -2.35. The number of quaternary nitrogens is 1. The van der Waals surface area contributed by atoms with Crippen molar-refractivity contribution < 1.29 is 21.7 Å². The molecular formula is C22H28Cl2N6O. The van der Waals surface area contributed by atoms with E-state index in [1.165, 1.54) is 32.4 Å². The van der Waals surface area contributed by atoms with E-state index in [9.17, 15) is 4.79 Å². The largest absolute Gasteiger partial charge is 1.00 e. The van der Waals surface area contributed by atoms with Gasteiger partial charge in [0.1, 0.15) is 10.7 Å². The van der Waals surface area contributed by atoms with E-state index in [1.54, 1.807) is 17.5 Å². The number of aromatic nitrogens is 2. The number of hydrogen-bond acceptors (Lipinski definition) is 5. The molecule has 166 valence electrons. The minimum Gasteiger partial charge on any atom is -1.00 e. The number of fused-ring (bicyclic) bond motifs is 1. The van der Waals surface area contributed by atoms with Crippen molar-refractivity contribution in [1.82, 2.24) is 9.61 Å². The third kappa shape index (κ3) is 4.79. The lowest BCUT2D eigenvalue weighted by atomic mass is 10.0. The molecule has 1 aliphatic heterocycles. The highest BCUT2D eigenvalue weighted by molar-refractivity contribution is 6.49. The summed E-state index contributed by atoms with van der Waals surface area (Å²) in [7, 11) is 2.33. The van der Waals surface area contributed by atoms with Crippen LogP contribution in [0.25, 0.3) is 5.52 Å². The standard InChI is InChI=1S/C22H27ClN6O.ClH/c1-15-14-16(19(24)18(23)21(15)30)26-20-17-8-4-5-10-28(17)27-22(20)25-9-13-29(2)11-6-3-7-12-29;/h4-5,8,10,14H,3,6-7,9,11-13H2,1-2H3,(H2-,24,25,27,30);1H. The number of likely N-dealkylation sites (N-methyl/N-ethyl adjacent to an activating group) is 1. The molecule has 4 rings (SSSR count). The first kappa shape index (κ1) is 23.3. The van der Waals surface area contributed by atoms with Crippen LogP contribution in [0.15, 0.2) is 51.8 Å². The second-order valence-corrected chi connectivity index (χ2v) is 8.76. The second kappa shape index (κ2) is 9.42. The molecule has 1 aliphatic carbocycles. The number of nitrogens with zero attached hydrogens (tertiary/aromatic N) is 4. The summed E-state index contributed by atoms with van der Waals surface area (Å²) in [4.78, 5) is 16.8. The third-order valence-corrected chi connectivity index (χ3v) is 6.38. The molecule has 9 heteroatoms. The predicted molar refractivity (Wildman–Crippen MR) is 121 cm³/mol. The molecule has 2 aliphatic rings. The highest BCUT2D eigenvalue weighted by Gasteiger charge is 2.25. The highest BCUT2D eigenvalue weighted by Crippen LogP contribution is 2.32. The van der Waals surface area contributed by atoms with Gasteiger partial charge in [0.05, 0.1) is 50.2 Å². The van der Waals surface area contributed by atoms with E-state index in [0.29, 0.717) is 22.8 Å². The molecule has 0 unspecified atom stereocenters. The van der Waals surface area contributed by atoms with Crippen LogP contribution in [-0.2, 0) is 4.79 Å². The van der Waals surface area contributed by atoms with Gasteiger partial charge in [-0.1, -0.05) is 17.7 Å². The molecule has 1 fully saturated rings. The van der Waals surface area contributed by atoms with Gasteiger partial charge in [-0.15, -0.1) is 5.10 Å². The fourth-order valence-electron chi connectivity index (χ4n) is 4.13. The van der Waals surface area contributed by atoms with Gasteiger partial charge in [0, 0.05) is 11.8 Å². The van der Waals surface area contributed by atoms with Gasteiger partial charge in [0.2, 0.25) is 5.78 Å². The van der Waals surface area contributed by atoms with E-state index in [1.807, 2.05) is 24.4 Å². The average molecular weight is 463 g/mol. The molecule has 3 heterocycles. The van der Waals surface area contributed by atoms with Gasteiger partial charge in [-0.25, -0.2) is 9.51 Å². The van der Waals surface area contributed by atoms with Crippen LogP contribution in [0.2, 0.25) is 0 Å². The van der Waals surface area contributed by atoms with Gasteiger partial charge >= 0.3 is 0 Å². The van der Waals surface area contributed by atoms with Crippen LogP contribution in [-0.4, -0.2) is 58.8 Å². The lowest BCUT2D eigenvalue weighted by molar-refractivity contribution is -0.912. The zero-order valence-corrected chi connectivity index (χ0v) is 19.4. The van der Waals surface area contributed by atoms with E-state index >= 15 is 0 Å². The molecule has 0 bridgehead atoms. The lowest BCUT2D eigenvalue weighted by Gasteiger charge is -2.37. The molecule has 0 spiro atoms. The van der Waals surface area contributed by atoms with Gasteiger partial charge in [-0.3, -0.25) is 4.79 Å². The predicted octanol–water partition coefficient (Wildman–Crippen LogP) is 0.391. The van der Waals surface area contributed by atoms with Crippen molar-refractivity contribution in [2.75, 3.05) is 38.5 Å². The van der Waals surface area contributed by atoms with Crippen LogP contribution in [0.1, 0.15) is 26.2 Å². The van der Waals surface area contributed by atoms with E-state index in [0.717, 1.165) is 23.1 Å². The third-order valence-electron chi connectivity index (χ3n) is 6.01. The van der Waals surface area contributed by atoms with Crippen molar-refractivity contribution in [3.63, 3.8) is 0 Å². The number of rotatable bonds is 5. The summed E-state index contributed by atoms with van der Waals surface area (Å²) < 4.78 is 2.88. The van der Waals surface area contributed by atoms with Gasteiger partial charge in [0.25, 0.3) is 0 Å². The van der Waals surface area contributed by atoms with Crippen LogP contribution in [0, 0.1) is 0 Å². The van der Waals surface area contributed by atoms with E-state index in [4.69, 9.17) is 22.3 Å². The summed E-state index contributed by atoms with van der Waals surface area (Å²) in [6.07, 6.45) is 7.49. The van der Waals surface area contributed by atoms with Gasteiger partial charge in [-0.2, -0.15) is 0 Å². The summed E-state index contributed by atoms with van der Waals surface area (Å²) in [5, 5.41) is 8.17. The van der Waals surface area contributed by atoms with Crippen molar-refractivity contribution in [2.24, 2.45) is 10.7 Å². The van der Waals surface area contributed by atoms with Crippen LogP contribution < -0.4 is 23.5 Å². The maximum absolute atomic E-state index is 12.1. The smallest absolute Gasteiger partial charge is 0.202 e. The van der Waals surface area contributed by atoms with Crippen LogP contribution in [0.5, 0.6) is 0 Å². The van der Waals surface area contributed by atoms with Crippen molar-refractivity contribution in [2.45, 2.75) is 26.2 Å². The Morgan fingerprint density at radius 1 is 1.29 bits per heavy atom. The Bertz CT molecular complexity index is 1080. The molecule has 0 saturated carbocycles. The normalized spacial score (nSPS) is 20.0. The summed E-state index contributed by atoms with van der Waals surface area (Å²) >= 11 is 6.14. The molecule has 7 nitrogen and oxygen atoms in total. The molecule has 1 saturated heterocycles.